The van der Waals surface area contributed by atoms with Crippen molar-refractivity contribution in [2.24, 2.45) is 0 Å². The SMILES string of the molecule is CC(C)OCC(O)CN1CCC[C@H]1C(=O)OC(C)(C)C. The van der Waals surface area contributed by atoms with E-state index < -0.39 is 11.7 Å². The fourth-order valence-corrected chi connectivity index (χ4v) is 2.31. The van der Waals surface area contributed by atoms with Gasteiger partial charge >= 0.3 is 5.97 Å². The normalized spacial score (nSPS) is 22.2. The van der Waals surface area contributed by atoms with Gasteiger partial charge in [-0.25, -0.2) is 0 Å². The molecule has 1 N–H and O–H groups in total. The molecule has 0 bridgehead atoms. The molecule has 1 saturated heterocycles. The van der Waals surface area contributed by atoms with Crippen molar-refractivity contribution in [3.8, 4) is 0 Å². The first-order valence-electron chi connectivity index (χ1n) is 7.45. The number of carbonyl (C=O) groups is 1. The molecule has 0 aliphatic carbocycles. The highest BCUT2D eigenvalue weighted by Gasteiger charge is 2.34. The predicted molar refractivity (Wildman–Crippen MR) is 77.5 cm³/mol. The van der Waals surface area contributed by atoms with Crippen molar-refractivity contribution in [2.75, 3.05) is 19.7 Å². The Morgan fingerprint density at radius 3 is 2.60 bits per heavy atom. The van der Waals surface area contributed by atoms with Crippen LogP contribution >= 0.6 is 0 Å². The molecule has 5 nitrogen and oxygen atoms in total. The van der Waals surface area contributed by atoms with Crippen LogP contribution in [0, 0.1) is 0 Å². The summed E-state index contributed by atoms with van der Waals surface area (Å²) in [6, 6.07) is -0.233. The van der Waals surface area contributed by atoms with Crippen LogP contribution in [0.2, 0.25) is 0 Å². The minimum atomic E-state index is -0.569. The Labute approximate surface area is 122 Å². The van der Waals surface area contributed by atoms with Gasteiger partial charge in [-0.1, -0.05) is 0 Å². The van der Waals surface area contributed by atoms with Crippen LogP contribution in [0.4, 0.5) is 0 Å². The molecule has 0 aromatic rings. The van der Waals surface area contributed by atoms with Crippen molar-refractivity contribution in [2.45, 2.75) is 71.3 Å². The molecule has 1 aliphatic rings. The Hall–Kier alpha value is -0.650. The van der Waals surface area contributed by atoms with Crippen LogP contribution in [0.15, 0.2) is 0 Å². The predicted octanol–water partition coefficient (Wildman–Crippen LogP) is 1.58. The Balaban J connectivity index is 2.46. The van der Waals surface area contributed by atoms with Gasteiger partial charge in [0.2, 0.25) is 0 Å². The first-order chi connectivity index (χ1) is 9.19. The van der Waals surface area contributed by atoms with Gasteiger partial charge in [0, 0.05) is 6.54 Å². The number of likely N-dealkylation sites (tertiary alicyclic amines) is 1. The number of hydrogen-bond acceptors (Lipinski definition) is 5. The van der Waals surface area contributed by atoms with Crippen molar-refractivity contribution in [1.82, 2.24) is 4.90 Å². The van der Waals surface area contributed by atoms with Crippen LogP contribution in [0.25, 0.3) is 0 Å². The maximum absolute atomic E-state index is 12.1. The van der Waals surface area contributed by atoms with Crippen LogP contribution in [0.5, 0.6) is 0 Å². The summed E-state index contributed by atoms with van der Waals surface area (Å²) in [7, 11) is 0. The number of carbonyl (C=O) groups excluding carboxylic acids is 1. The van der Waals surface area contributed by atoms with E-state index in [9.17, 15) is 9.90 Å². The van der Waals surface area contributed by atoms with Crippen molar-refractivity contribution in [3.05, 3.63) is 0 Å². The topological polar surface area (TPSA) is 59.0 Å². The largest absolute Gasteiger partial charge is 0.459 e. The number of hydrogen-bond donors (Lipinski definition) is 1. The Morgan fingerprint density at radius 1 is 1.40 bits per heavy atom. The number of esters is 1. The molecule has 0 aromatic carbocycles. The van der Waals surface area contributed by atoms with E-state index in [0.717, 1.165) is 19.4 Å². The lowest BCUT2D eigenvalue weighted by molar-refractivity contribution is -0.160. The highest BCUT2D eigenvalue weighted by molar-refractivity contribution is 5.76. The molecule has 1 heterocycles. The average Bonchev–Trinajstić information content (AvgIpc) is 2.72. The lowest BCUT2D eigenvalue weighted by atomic mass is 10.1. The molecule has 1 unspecified atom stereocenters. The van der Waals surface area contributed by atoms with Gasteiger partial charge in [-0.3, -0.25) is 9.69 Å². The van der Waals surface area contributed by atoms with Gasteiger partial charge in [0.25, 0.3) is 0 Å². The summed E-state index contributed by atoms with van der Waals surface area (Å²) >= 11 is 0. The second-order valence-electron chi connectivity index (χ2n) is 6.72. The van der Waals surface area contributed by atoms with Crippen molar-refractivity contribution >= 4 is 5.97 Å². The number of aliphatic hydroxyl groups is 1. The summed E-state index contributed by atoms with van der Waals surface area (Å²) in [4.78, 5) is 14.1. The summed E-state index contributed by atoms with van der Waals surface area (Å²) in [6.45, 7) is 11.1. The number of aliphatic hydroxyl groups excluding tert-OH is 1. The fourth-order valence-electron chi connectivity index (χ4n) is 2.31. The molecule has 118 valence electrons. The third-order valence-corrected chi connectivity index (χ3v) is 3.11. The van der Waals surface area contributed by atoms with Gasteiger partial charge in [-0.05, 0) is 54.0 Å². The maximum Gasteiger partial charge on any atom is 0.323 e. The second kappa shape index (κ2) is 7.38. The molecular formula is C15H29NO4. The number of rotatable bonds is 6. The number of β-amino-alcohol motifs (C(OH)–C–C–N with tert-alkyl or cyclic N) is 1. The molecule has 1 aliphatic heterocycles. The Morgan fingerprint density at radius 2 is 2.05 bits per heavy atom. The van der Waals surface area contributed by atoms with Crippen LogP contribution in [0.1, 0.15) is 47.5 Å². The van der Waals surface area contributed by atoms with Crippen molar-refractivity contribution in [3.63, 3.8) is 0 Å². The zero-order valence-corrected chi connectivity index (χ0v) is 13.4. The Bertz CT molecular complexity index is 311. The highest BCUT2D eigenvalue weighted by atomic mass is 16.6. The number of ether oxygens (including phenoxy) is 2. The third-order valence-electron chi connectivity index (χ3n) is 3.11. The molecule has 0 radical (unpaired) electrons. The van der Waals surface area contributed by atoms with E-state index in [1.165, 1.54) is 0 Å². The van der Waals surface area contributed by atoms with E-state index in [4.69, 9.17) is 9.47 Å². The van der Waals surface area contributed by atoms with E-state index in [2.05, 4.69) is 0 Å². The lowest BCUT2D eigenvalue weighted by Crippen LogP contribution is -2.44. The standard InChI is InChI=1S/C15H29NO4/c1-11(2)19-10-12(17)9-16-8-6-7-13(16)14(18)20-15(3,4)5/h11-13,17H,6-10H2,1-5H3/t12?,13-/m0/s1. The van der Waals surface area contributed by atoms with Gasteiger partial charge < -0.3 is 14.6 Å². The van der Waals surface area contributed by atoms with E-state index in [1.807, 2.05) is 39.5 Å². The molecule has 1 rings (SSSR count). The quantitative estimate of drug-likeness (QED) is 0.752. The molecular weight excluding hydrogens is 258 g/mol. The first-order valence-corrected chi connectivity index (χ1v) is 7.45. The van der Waals surface area contributed by atoms with E-state index in [-0.39, 0.29) is 18.1 Å². The first kappa shape index (κ1) is 17.4. The molecule has 0 saturated carbocycles. The van der Waals surface area contributed by atoms with E-state index >= 15 is 0 Å². The molecule has 5 heteroatoms. The average molecular weight is 287 g/mol. The number of nitrogens with zero attached hydrogens (tertiary/aromatic N) is 1. The van der Waals surface area contributed by atoms with Gasteiger partial charge in [-0.15, -0.1) is 0 Å². The van der Waals surface area contributed by atoms with Crippen LogP contribution in [-0.4, -0.2) is 59.5 Å². The van der Waals surface area contributed by atoms with Gasteiger partial charge in [0.1, 0.15) is 11.6 Å². The summed E-state index contributed by atoms with van der Waals surface area (Å²) in [6.07, 6.45) is 1.29. The lowest BCUT2D eigenvalue weighted by Gasteiger charge is -2.28. The minimum Gasteiger partial charge on any atom is -0.459 e. The zero-order chi connectivity index (χ0) is 15.3. The van der Waals surface area contributed by atoms with E-state index in [1.54, 1.807) is 0 Å². The summed E-state index contributed by atoms with van der Waals surface area (Å²) in [5.41, 5.74) is -0.468. The molecule has 1 fully saturated rings. The van der Waals surface area contributed by atoms with Gasteiger partial charge in [0.05, 0.1) is 18.8 Å². The van der Waals surface area contributed by atoms with Gasteiger partial charge in [-0.2, -0.15) is 0 Å². The Kier molecular flexibility index (Phi) is 6.43. The molecule has 0 spiro atoms. The van der Waals surface area contributed by atoms with Crippen molar-refractivity contribution < 1.29 is 19.4 Å². The van der Waals surface area contributed by atoms with Crippen LogP contribution in [-0.2, 0) is 14.3 Å². The zero-order valence-electron chi connectivity index (χ0n) is 13.4. The highest BCUT2D eigenvalue weighted by Crippen LogP contribution is 2.21. The monoisotopic (exact) mass is 287 g/mol. The van der Waals surface area contributed by atoms with Gasteiger partial charge in [0.15, 0.2) is 0 Å². The van der Waals surface area contributed by atoms with Crippen molar-refractivity contribution in [1.29, 1.82) is 0 Å². The molecule has 2 atom stereocenters. The maximum atomic E-state index is 12.1. The second-order valence-corrected chi connectivity index (χ2v) is 6.72. The summed E-state index contributed by atoms with van der Waals surface area (Å²) < 4.78 is 10.8. The molecule has 0 amide bonds. The van der Waals surface area contributed by atoms with E-state index in [0.29, 0.717) is 13.2 Å². The molecule has 0 aromatic heterocycles. The smallest absolute Gasteiger partial charge is 0.323 e. The van der Waals surface area contributed by atoms with Crippen LogP contribution < -0.4 is 0 Å². The van der Waals surface area contributed by atoms with Crippen LogP contribution in [0.3, 0.4) is 0 Å². The summed E-state index contributed by atoms with van der Waals surface area (Å²) in [5, 5.41) is 9.97. The third kappa shape index (κ3) is 6.20. The minimum absolute atomic E-state index is 0.102. The fraction of sp³-hybridized carbons (Fsp3) is 0.933. The summed E-state index contributed by atoms with van der Waals surface area (Å²) in [5.74, 6) is -0.188. The molecule has 20 heavy (non-hydrogen) atoms.